The molecule has 1 unspecified atom stereocenters. The number of hydrogen-bond donors (Lipinski definition) is 1. The zero-order valence-electron chi connectivity index (χ0n) is 20.7. The number of Topliss-reactive ketones (excluding diaryl/α,β-unsaturated/α-hetero) is 1. The van der Waals surface area contributed by atoms with Crippen molar-refractivity contribution in [2.45, 2.75) is 24.1 Å². The predicted molar refractivity (Wildman–Crippen MR) is 134 cm³/mol. The van der Waals surface area contributed by atoms with Crippen molar-refractivity contribution < 1.29 is 40.3 Å². The fourth-order valence-electron chi connectivity index (χ4n) is 3.34. The molecule has 1 atom stereocenters. The zero-order valence-corrected chi connectivity index (χ0v) is 21.5. The summed E-state index contributed by atoms with van der Waals surface area (Å²) in [5, 5.41) is 3.24. The summed E-state index contributed by atoms with van der Waals surface area (Å²) < 4.78 is 81.2. The maximum Gasteiger partial charge on any atom is 0.417 e. The highest BCUT2D eigenvalue weighted by molar-refractivity contribution is 7.79. The van der Waals surface area contributed by atoms with Crippen LogP contribution in [0.4, 0.5) is 17.6 Å². The van der Waals surface area contributed by atoms with Crippen molar-refractivity contribution in [2.75, 3.05) is 26.8 Å². The Kier molecular flexibility index (Phi) is 10.8. The van der Waals surface area contributed by atoms with Gasteiger partial charge in [0.25, 0.3) is 0 Å². The van der Waals surface area contributed by atoms with Gasteiger partial charge in [0.15, 0.2) is 5.09 Å². The maximum absolute atomic E-state index is 12.7. The van der Waals surface area contributed by atoms with Gasteiger partial charge in [-0.25, -0.2) is 4.39 Å². The molecule has 0 spiro atoms. The first-order chi connectivity index (χ1) is 18.6. The van der Waals surface area contributed by atoms with E-state index in [-0.39, 0.29) is 17.4 Å². The van der Waals surface area contributed by atoms with Gasteiger partial charge in [0.2, 0.25) is 0 Å². The van der Waals surface area contributed by atoms with Gasteiger partial charge in [-0.15, -0.1) is 0 Å². The number of pyridine rings is 2. The molecule has 0 aliphatic rings. The van der Waals surface area contributed by atoms with E-state index in [9.17, 15) is 31.1 Å². The van der Waals surface area contributed by atoms with E-state index in [1.807, 2.05) is 0 Å². The molecule has 0 bridgehead atoms. The summed E-state index contributed by atoms with van der Waals surface area (Å²) in [5.74, 6) is -0.363. The minimum atomic E-state index is -4.41. The smallest absolute Gasteiger partial charge is 0.417 e. The lowest BCUT2D eigenvalue weighted by atomic mass is 10.1. The Morgan fingerprint density at radius 2 is 1.92 bits per heavy atom. The number of hydrogen-bond acceptors (Lipinski definition) is 8. The SMILES string of the molecule is COCCNCC(=O)CCc1cc(-c2ccc(C(F)(F)F)cn2)ccn1.O=S([O-])c1cc2cc(F)ccc2o1. The summed E-state index contributed by atoms with van der Waals surface area (Å²) in [6.45, 7) is 1.41. The van der Waals surface area contributed by atoms with Gasteiger partial charge < -0.3 is 19.0 Å². The average molecular weight is 567 g/mol. The molecule has 0 saturated heterocycles. The third-order valence-corrected chi connectivity index (χ3v) is 5.82. The highest BCUT2D eigenvalue weighted by Crippen LogP contribution is 2.29. The van der Waals surface area contributed by atoms with Gasteiger partial charge in [0.05, 0.1) is 24.4 Å². The van der Waals surface area contributed by atoms with E-state index in [1.165, 1.54) is 30.3 Å². The van der Waals surface area contributed by atoms with E-state index in [0.29, 0.717) is 53.9 Å². The summed E-state index contributed by atoms with van der Waals surface area (Å²) in [6, 6.07) is 10.8. The quantitative estimate of drug-likeness (QED) is 0.167. The van der Waals surface area contributed by atoms with Crippen molar-refractivity contribution in [1.82, 2.24) is 15.3 Å². The normalized spacial score (nSPS) is 12.2. The van der Waals surface area contributed by atoms with Crippen molar-refractivity contribution in [2.24, 2.45) is 0 Å². The van der Waals surface area contributed by atoms with Crippen LogP contribution in [0.3, 0.4) is 0 Å². The van der Waals surface area contributed by atoms with Crippen molar-refractivity contribution in [1.29, 1.82) is 0 Å². The van der Waals surface area contributed by atoms with Crippen LogP contribution in [0.25, 0.3) is 22.2 Å². The van der Waals surface area contributed by atoms with Crippen LogP contribution in [0.5, 0.6) is 0 Å². The van der Waals surface area contributed by atoms with Gasteiger partial charge in [0.1, 0.15) is 17.2 Å². The first kappa shape index (κ1) is 30.0. The van der Waals surface area contributed by atoms with Gasteiger partial charge in [-0.1, -0.05) is 0 Å². The van der Waals surface area contributed by atoms with E-state index in [4.69, 9.17) is 9.15 Å². The number of nitrogens with one attached hydrogen (secondary N) is 1. The second-order valence-electron chi connectivity index (χ2n) is 8.16. The molecule has 1 aromatic carbocycles. The summed E-state index contributed by atoms with van der Waals surface area (Å²) >= 11 is -2.41. The molecule has 3 heterocycles. The van der Waals surface area contributed by atoms with Crippen molar-refractivity contribution in [3.8, 4) is 11.3 Å². The van der Waals surface area contributed by atoms with E-state index in [2.05, 4.69) is 15.3 Å². The van der Waals surface area contributed by atoms with Crippen LogP contribution >= 0.6 is 0 Å². The molecule has 39 heavy (non-hydrogen) atoms. The number of halogens is 4. The highest BCUT2D eigenvalue weighted by Gasteiger charge is 2.30. The minimum absolute atomic E-state index is 0.0564. The average Bonchev–Trinajstić information content (AvgIpc) is 3.34. The van der Waals surface area contributed by atoms with Crippen LogP contribution in [-0.4, -0.2) is 51.3 Å². The molecule has 13 heteroatoms. The number of ether oxygens (including phenoxy) is 1. The van der Waals surface area contributed by atoms with Crippen LogP contribution < -0.4 is 5.32 Å². The first-order valence-electron chi connectivity index (χ1n) is 11.5. The van der Waals surface area contributed by atoms with Gasteiger partial charge in [-0.05, 0) is 48.9 Å². The number of furan rings is 1. The number of methoxy groups -OCH3 is 1. The molecule has 208 valence electrons. The van der Waals surface area contributed by atoms with Crippen LogP contribution in [0.1, 0.15) is 17.7 Å². The first-order valence-corrected chi connectivity index (χ1v) is 12.6. The molecule has 0 radical (unpaired) electrons. The summed E-state index contributed by atoms with van der Waals surface area (Å²) in [6.07, 6.45) is -1.25. The Hall–Kier alpha value is -3.52. The number of aromatic nitrogens is 2. The van der Waals surface area contributed by atoms with Crippen LogP contribution in [-0.2, 0) is 33.2 Å². The van der Waals surface area contributed by atoms with E-state index < -0.39 is 28.6 Å². The number of benzene rings is 1. The Morgan fingerprint density at radius 3 is 2.59 bits per heavy atom. The fraction of sp³-hybridized carbons (Fsp3) is 0.269. The van der Waals surface area contributed by atoms with Crippen molar-refractivity contribution in [3.05, 3.63) is 78.0 Å². The highest BCUT2D eigenvalue weighted by atomic mass is 32.2. The summed E-state index contributed by atoms with van der Waals surface area (Å²) in [4.78, 5) is 19.9. The lowest BCUT2D eigenvalue weighted by Gasteiger charge is -2.08. The third kappa shape index (κ3) is 9.32. The van der Waals surface area contributed by atoms with Crippen molar-refractivity contribution in [3.63, 3.8) is 0 Å². The number of alkyl halides is 3. The van der Waals surface area contributed by atoms with Gasteiger partial charge in [0, 0.05) is 66.3 Å². The molecular weight excluding hydrogens is 542 g/mol. The molecule has 0 amide bonds. The molecule has 1 N–H and O–H groups in total. The van der Waals surface area contributed by atoms with Gasteiger partial charge in [-0.3, -0.25) is 19.0 Å². The second-order valence-corrected chi connectivity index (χ2v) is 9.03. The van der Waals surface area contributed by atoms with E-state index >= 15 is 0 Å². The van der Waals surface area contributed by atoms with Crippen molar-refractivity contribution >= 4 is 27.8 Å². The molecule has 0 fully saturated rings. The number of nitrogens with zero attached hydrogens (tertiary/aromatic N) is 2. The molecular formula is C26H24F4N3O5S-. The molecule has 3 aromatic heterocycles. The monoisotopic (exact) mass is 566 g/mol. The number of rotatable bonds is 10. The number of carbonyl (C=O) groups excluding carboxylic acids is 1. The standard InChI is InChI=1S/C18H20F3N3O2.C8H5FO3S/c1-26-9-8-22-12-16(25)4-3-15-10-13(6-7-23-15)17-5-2-14(11-24-17)18(19,20)21;9-6-1-2-7-5(3-6)4-8(12-7)13(10)11/h2,5-7,10-11,22H,3-4,8-9,12H2,1H3;1-4H,(H,10,11)/p-1. The molecule has 0 aliphatic heterocycles. The van der Waals surface area contributed by atoms with E-state index in [1.54, 1.807) is 25.4 Å². The molecule has 8 nitrogen and oxygen atoms in total. The number of ketones is 1. The topological polar surface area (TPSA) is 117 Å². The molecule has 0 aliphatic carbocycles. The Morgan fingerprint density at radius 1 is 1.13 bits per heavy atom. The maximum atomic E-state index is 12.7. The van der Waals surface area contributed by atoms with Gasteiger partial charge in [-0.2, -0.15) is 13.2 Å². The number of carbonyl (C=O) groups is 1. The summed E-state index contributed by atoms with van der Waals surface area (Å²) in [7, 11) is 1.59. The third-order valence-electron chi connectivity index (χ3n) is 5.29. The van der Waals surface area contributed by atoms with Crippen LogP contribution in [0, 0.1) is 5.82 Å². The van der Waals surface area contributed by atoms with Gasteiger partial charge >= 0.3 is 6.18 Å². The Bertz CT molecular complexity index is 1410. The van der Waals surface area contributed by atoms with Crippen LogP contribution in [0.2, 0.25) is 0 Å². The molecule has 0 saturated carbocycles. The minimum Gasteiger partial charge on any atom is -0.766 e. The molecule has 4 rings (SSSR count). The van der Waals surface area contributed by atoms with Crippen LogP contribution in [0.15, 0.2) is 70.4 Å². The predicted octanol–water partition coefficient (Wildman–Crippen LogP) is 4.71. The lowest BCUT2D eigenvalue weighted by molar-refractivity contribution is -0.137. The molecule has 4 aromatic rings. The Balaban J connectivity index is 0.000000268. The zero-order chi connectivity index (χ0) is 28.4. The Labute approximate surface area is 223 Å². The lowest BCUT2D eigenvalue weighted by Crippen LogP contribution is -2.26. The number of aryl methyl sites for hydroxylation is 1. The second kappa shape index (κ2) is 14.0. The largest absolute Gasteiger partial charge is 0.766 e. The fourth-order valence-corrected chi connectivity index (χ4v) is 3.72. The van der Waals surface area contributed by atoms with E-state index in [0.717, 1.165) is 12.3 Å². The number of fused-ring (bicyclic) bond motifs is 1. The summed E-state index contributed by atoms with van der Waals surface area (Å²) in [5.41, 5.74) is 1.35.